The van der Waals surface area contributed by atoms with Crippen molar-refractivity contribution in [1.29, 1.82) is 0 Å². The van der Waals surface area contributed by atoms with Crippen LogP contribution >= 0.6 is 0 Å². The largest absolute Gasteiger partial charge is 0.427 e. The lowest BCUT2D eigenvalue weighted by molar-refractivity contribution is -0.131. The van der Waals surface area contributed by atoms with Gasteiger partial charge in [-0.3, -0.25) is 4.79 Å². The van der Waals surface area contributed by atoms with Gasteiger partial charge in [-0.2, -0.15) is 0 Å². The molecule has 1 atom stereocenters. The minimum atomic E-state index is -2.43. The summed E-state index contributed by atoms with van der Waals surface area (Å²) in [5.74, 6) is -0.0508. The van der Waals surface area contributed by atoms with Crippen molar-refractivity contribution in [3.05, 3.63) is 29.8 Å². The average Bonchev–Trinajstić information content (AvgIpc) is 2.16. The Balaban J connectivity index is 2.66. The molecule has 0 heterocycles. The Bertz CT molecular complexity index is 352. The van der Waals surface area contributed by atoms with Crippen molar-refractivity contribution >= 4 is 5.97 Å². The van der Waals surface area contributed by atoms with Crippen molar-refractivity contribution in [3.63, 3.8) is 0 Å². The maximum Gasteiger partial charge on any atom is 0.308 e. The molecule has 1 aromatic carbocycles. The van der Waals surface area contributed by atoms with Gasteiger partial charge in [0.1, 0.15) is 5.75 Å². The zero-order valence-electron chi connectivity index (χ0n) is 8.82. The molecule has 0 bridgehead atoms. The van der Waals surface area contributed by atoms with Crippen LogP contribution in [0.25, 0.3) is 0 Å². The maximum absolute atomic E-state index is 12.1. The Morgan fingerprint density at radius 2 is 1.94 bits per heavy atom. The number of halogens is 2. The summed E-state index contributed by atoms with van der Waals surface area (Å²) in [5, 5.41) is 0. The quantitative estimate of drug-likeness (QED) is 0.636. The minimum absolute atomic E-state index is 0.375. The third kappa shape index (κ3) is 3.94. The van der Waals surface area contributed by atoms with Crippen LogP contribution in [0, 0.1) is 0 Å². The first kappa shape index (κ1) is 12.6. The molecule has 1 rings (SSSR count). The first-order valence-corrected chi connectivity index (χ1v) is 4.81. The smallest absolute Gasteiger partial charge is 0.308 e. The molecule has 0 aliphatic rings. The third-order valence-electron chi connectivity index (χ3n) is 2.00. The van der Waals surface area contributed by atoms with E-state index in [9.17, 15) is 13.6 Å². The van der Waals surface area contributed by atoms with Crippen molar-refractivity contribution in [2.75, 3.05) is 0 Å². The fraction of sp³-hybridized carbons (Fsp3) is 0.364. The number of rotatable bonds is 4. The van der Waals surface area contributed by atoms with Gasteiger partial charge in [-0.25, -0.2) is 8.78 Å². The molecule has 2 N–H and O–H groups in total. The van der Waals surface area contributed by atoms with Crippen LogP contribution in [0.1, 0.15) is 24.9 Å². The number of alkyl halides is 2. The highest BCUT2D eigenvalue weighted by Gasteiger charge is 2.12. The van der Waals surface area contributed by atoms with Crippen molar-refractivity contribution in [1.82, 2.24) is 0 Å². The molecule has 0 saturated heterocycles. The molecule has 1 aromatic rings. The number of benzene rings is 1. The zero-order valence-corrected chi connectivity index (χ0v) is 8.82. The number of carbonyl (C=O) groups excluding carboxylic acids is 1. The number of carbonyl (C=O) groups is 1. The summed E-state index contributed by atoms with van der Waals surface area (Å²) >= 11 is 0. The van der Waals surface area contributed by atoms with E-state index in [0.717, 1.165) is 0 Å². The fourth-order valence-corrected chi connectivity index (χ4v) is 1.28. The molecule has 5 heteroatoms. The van der Waals surface area contributed by atoms with Gasteiger partial charge < -0.3 is 10.5 Å². The monoisotopic (exact) mass is 229 g/mol. The van der Waals surface area contributed by atoms with Gasteiger partial charge in [0.15, 0.2) is 0 Å². The summed E-state index contributed by atoms with van der Waals surface area (Å²) in [6, 6.07) is 5.51. The van der Waals surface area contributed by atoms with Crippen LogP contribution in [-0.4, -0.2) is 12.4 Å². The summed E-state index contributed by atoms with van der Waals surface area (Å²) < 4.78 is 28.9. The summed E-state index contributed by atoms with van der Waals surface area (Å²) in [4.78, 5) is 10.6. The van der Waals surface area contributed by atoms with Crippen molar-refractivity contribution in [2.45, 2.75) is 25.8 Å². The van der Waals surface area contributed by atoms with Gasteiger partial charge in [-0.05, 0) is 17.7 Å². The second-order valence-electron chi connectivity index (χ2n) is 3.40. The van der Waals surface area contributed by atoms with Gasteiger partial charge in [0.05, 0.1) is 0 Å². The number of ether oxygens (including phenoxy) is 1. The molecule has 0 aliphatic heterocycles. The van der Waals surface area contributed by atoms with Gasteiger partial charge in [0.25, 0.3) is 0 Å². The SMILES string of the molecule is CC(=O)Oc1ccc([C@@H](N)CC(F)F)cc1. The van der Waals surface area contributed by atoms with E-state index in [2.05, 4.69) is 0 Å². The van der Waals surface area contributed by atoms with E-state index in [1.807, 2.05) is 0 Å². The normalized spacial score (nSPS) is 12.6. The Hall–Kier alpha value is -1.49. The molecule has 0 fully saturated rings. The van der Waals surface area contributed by atoms with Crippen molar-refractivity contribution in [3.8, 4) is 5.75 Å². The zero-order chi connectivity index (χ0) is 12.1. The van der Waals surface area contributed by atoms with Crippen LogP contribution in [0.2, 0.25) is 0 Å². The van der Waals surface area contributed by atoms with Crippen LogP contribution in [0.15, 0.2) is 24.3 Å². The minimum Gasteiger partial charge on any atom is -0.427 e. The first-order valence-electron chi connectivity index (χ1n) is 4.81. The Morgan fingerprint density at radius 1 is 1.38 bits per heavy atom. The van der Waals surface area contributed by atoms with Gasteiger partial charge in [-0.15, -0.1) is 0 Å². The van der Waals surface area contributed by atoms with E-state index in [1.165, 1.54) is 19.1 Å². The predicted octanol–water partition coefficient (Wildman–Crippen LogP) is 2.27. The molecule has 0 aromatic heterocycles. The number of hydrogen-bond donors (Lipinski definition) is 1. The standard InChI is InChI=1S/C11H13F2NO2/c1-7(15)16-9-4-2-8(3-5-9)10(14)6-11(12)13/h2-5,10-11H,6,14H2,1H3/t10-/m0/s1. The highest BCUT2D eigenvalue weighted by Crippen LogP contribution is 2.20. The van der Waals surface area contributed by atoms with E-state index in [1.54, 1.807) is 12.1 Å². The van der Waals surface area contributed by atoms with E-state index in [4.69, 9.17) is 10.5 Å². The third-order valence-corrected chi connectivity index (χ3v) is 2.00. The molecule has 16 heavy (non-hydrogen) atoms. The van der Waals surface area contributed by atoms with Gasteiger partial charge >= 0.3 is 5.97 Å². The first-order chi connectivity index (χ1) is 7.49. The lowest BCUT2D eigenvalue weighted by Gasteiger charge is -2.11. The second kappa shape index (κ2) is 5.55. The topological polar surface area (TPSA) is 52.3 Å². The number of hydrogen-bond acceptors (Lipinski definition) is 3. The predicted molar refractivity (Wildman–Crippen MR) is 55.3 cm³/mol. The molecule has 0 amide bonds. The average molecular weight is 229 g/mol. The summed E-state index contributed by atoms with van der Waals surface area (Å²) in [6.45, 7) is 1.29. The summed E-state index contributed by atoms with van der Waals surface area (Å²) in [7, 11) is 0. The Kier molecular flexibility index (Phi) is 4.37. The molecule has 0 unspecified atom stereocenters. The molecule has 0 spiro atoms. The fourth-order valence-electron chi connectivity index (χ4n) is 1.28. The Labute approximate surface area is 92.2 Å². The van der Waals surface area contributed by atoms with E-state index >= 15 is 0 Å². The van der Waals surface area contributed by atoms with Crippen LogP contribution in [-0.2, 0) is 4.79 Å². The number of esters is 1. The van der Waals surface area contributed by atoms with Crippen molar-refractivity contribution in [2.24, 2.45) is 5.73 Å². The molecule has 0 radical (unpaired) electrons. The van der Waals surface area contributed by atoms with Crippen LogP contribution in [0.5, 0.6) is 5.75 Å². The van der Waals surface area contributed by atoms with Crippen LogP contribution < -0.4 is 10.5 Å². The molecule has 0 saturated carbocycles. The van der Waals surface area contributed by atoms with E-state index in [-0.39, 0.29) is 6.42 Å². The number of nitrogens with two attached hydrogens (primary N) is 1. The molecular weight excluding hydrogens is 216 g/mol. The van der Waals surface area contributed by atoms with Gasteiger partial charge in [0, 0.05) is 19.4 Å². The van der Waals surface area contributed by atoms with Crippen molar-refractivity contribution < 1.29 is 18.3 Å². The maximum atomic E-state index is 12.1. The molecular formula is C11H13F2NO2. The van der Waals surface area contributed by atoms with Gasteiger partial charge in [0.2, 0.25) is 6.43 Å². The van der Waals surface area contributed by atoms with E-state index < -0.39 is 18.4 Å². The van der Waals surface area contributed by atoms with Gasteiger partial charge in [-0.1, -0.05) is 12.1 Å². The van der Waals surface area contributed by atoms with Crippen LogP contribution in [0.3, 0.4) is 0 Å². The summed E-state index contributed by atoms with van der Waals surface area (Å²) in [6.07, 6.45) is -2.81. The molecule has 88 valence electrons. The molecule has 3 nitrogen and oxygen atoms in total. The van der Waals surface area contributed by atoms with E-state index in [0.29, 0.717) is 11.3 Å². The lowest BCUT2D eigenvalue weighted by atomic mass is 10.1. The summed E-state index contributed by atoms with van der Waals surface area (Å²) in [5.41, 5.74) is 6.15. The Morgan fingerprint density at radius 3 is 2.38 bits per heavy atom. The highest BCUT2D eigenvalue weighted by molar-refractivity contribution is 5.69. The molecule has 0 aliphatic carbocycles. The lowest BCUT2D eigenvalue weighted by Crippen LogP contribution is -2.13. The highest BCUT2D eigenvalue weighted by atomic mass is 19.3. The van der Waals surface area contributed by atoms with Crippen LogP contribution in [0.4, 0.5) is 8.78 Å². The second-order valence-corrected chi connectivity index (χ2v) is 3.40.